The lowest BCUT2D eigenvalue weighted by atomic mass is 9.78. The second kappa shape index (κ2) is 8.21. The van der Waals surface area contributed by atoms with Gasteiger partial charge in [-0.15, -0.1) is 11.3 Å². The molecule has 2 aromatic rings. The van der Waals surface area contributed by atoms with Crippen molar-refractivity contribution in [3.05, 3.63) is 39.4 Å². The molecule has 1 aliphatic rings. The molecule has 1 aromatic carbocycles. The van der Waals surface area contributed by atoms with Crippen LogP contribution in [-0.4, -0.2) is 17.5 Å². The van der Waals surface area contributed by atoms with Crippen LogP contribution in [0.3, 0.4) is 0 Å². The standard InChI is InChI=1S/C21H28N2O2S/c1-5-8-25-19-9-13(2)17-7-6-16(10-18(17)15(19)4)11-20(24)23-21-22-12-14(3)26-21/h9,12,16H,5-8,10-11H2,1-4H3,(H,22,23,24)/t16-/m1/s1. The van der Waals surface area contributed by atoms with E-state index in [1.54, 1.807) is 6.20 Å². The van der Waals surface area contributed by atoms with Gasteiger partial charge in [-0.3, -0.25) is 4.79 Å². The van der Waals surface area contributed by atoms with Crippen molar-refractivity contribution in [2.24, 2.45) is 5.92 Å². The summed E-state index contributed by atoms with van der Waals surface area (Å²) < 4.78 is 5.94. The SMILES string of the molecule is CCCOc1cc(C)c2c(c1C)C[C@H](CC(=O)Nc1ncc(C)s1)CC2. The third-order valence-electron chi connectivity index (χ3n) is 5.11. The number of nitrogens with zero attached hydrogens (tertiary/aromatic N) is 1. The van der Waals surface area contributed by atoms with Gasteiger partial charge in [0.1, 0.15) is 5.75 Å². The predicted octanol–water partition coefficient (Wildman–Crippen LogP) is 4.99. The summed E-state index contributed by atoms with van der Waals surface area (Å²) in [6.45, 7) is 9.20. The highest BCUT2D eigenvalue weighted by molar-refractivity contribution is 7.15. The molecule has 4 nitrogen and oxygen atoms in total. The number of ether oxygens (including phenoxy) is 1. The number of carbonyl (C=O) groups excluding carboxylic acids is 1. The van der Waals surface area contributed by atoms with E-state index >= 15 is 0 Å². The van der Waals surface area contributed by atoms with Crippen LogP contribution in [0.15, 0.2) is 12.3 Å². The number of hydrogen-bond donors (Lipinski definition) is 1. The maximum absolute atomic E-state index is 12.4. The van der Waals surface area contributed by atoms with Crippen molar-refractivity contribution in [3.63, 3.8) is 0 Å². The minimum absolute atomic E-state index is 0.0700. The second-order valence-electron chi connectivity index (χ2n) is 7.26. The number of benzene rings is 1. The van der Waals surface area contributed by atoms with Gasteiger partial charge in [0, 0.05) is 17.5 Å². The highest BCUT2D eigenvalue weighted by Gasteiger charge is 2.25. The zero-order valence-corrected chi connectivity index (χ0v) is 17.0. The van der Waals surface area contributed by atoms with E-state index in [-0.39, 0.29) is 5.91 Å². The van der Waals surface area contributed by atoms with Crippen LogP contribution in [-0.2, 0) is 17.6 Å². The Kier molecular flexibility index (Phi) is 5.97. The van der Waals surface area contributed by atoms with Crippen LogP contribution in [0.25, 0.3) is 0 Å². The van der Waals surface area contributed by atoms with Crippen LogP contribution < -0.4 is 10.1 Å². The molecule has 1 amide bonds. The molecule has 1 N–H and O–H groups in total. The monoisotopic (exact) mass is 372 g/mol. The number of aryl methyl sites for hydroxylation is 2. The molecule has 1 aliphatic carbocycles. The zero-order chi connectivity index (χ0) is 18.7. The van der Waals surface area contributed by atoms with Gasteiger partial charge < -0.3 is 10.1 Å². The van der Waals surface area contributed by atoms with Crippen LogP contribution in [0.2, 0.25) is 0 Å². The highest BCUT2D eigenvalue weighted by atomic mass is 32.1. The summed E-state index contributed by atoms with van der Waals surface area (Å²) in [5.41, 5.74) is 5.42. The summed E-state index contributed by atoms with van der Waals surface area (Å²) >= 11 is 1.52. The Morgan fingerprint density at radius 3 is 2.85 bits per heavy atom. The lowest BCUT2D eigenvalue weighted by Crippen LogP contribution is -2.23. The van der Waals surface area contributed by atoms with Gasteiger partial charge >= 0.3 is 0 Å². The molecule has 26 heavy (non-hydrogen) atoms. The summed E-state index contributed by atoms with van der Waals surface area (Å²) in [7, 11) is 0. The molecule has 3 rings (SSSR count). The van der Waals surface area contributed by atoms with Gasteiger partial charge in [-0.25, -0.2) is 4.98 Å². The maximum atomic E-state index is 12.4. The Bertz CT molecular complexity index is 798. The normalized spacial score (nSPS) is 16.2. The number of rotatable bonds is 6. The third kappa shape index (κ3) is 4.26. The fraction of sp³-hybridized carbons (Fsp3) is 0.524. The first-order valence-electron chi connectivity index (χ1n) is 9.45. The van der Waals surface area contributed by atoms with Crippen molar-refractivity contribution < 1.29 is 9.53 Å². The lowest BCUT2D eigenvalue weighted by molar-refractivity contribution is -0.117. The first-order valence-corrected chi connectivity index (χ1v) is 10.3. The Balaban J connectivity index is 1.69. The van der Waals surface area contributed by atoms with Gasteiger partial charge in [-0.1, -0.05) is 6.92 Å². The van der Waals surface area contributed by atoms with Gasteiger partial charge in [0.25, 0.3) is 0 Å². The fourth-order valence-corrected chi connectivity index (χ4v) is 4.43. The first kappa shape index (κ1) is 18.9. The fourth-order valence-electron chi connectivity index (χ4n) is 3.75. The van der Waals surface area contributed by atoms with Crippen molar-refractivity contribution >= 4 is 22.4 Å². The molecule has 0 saturated heterocycles. The van der Waals surface area contributed by atoms with Gasteiger partial charge in [-0.05, 0) is 80.7 Å². The smallest absolute Gasteiger partial charge is 0.226 e. The van der Waals surface area contributed by atoms with E-state index in [1.807, 2.05) is 6.92 Å². The quantitative estimate of drug-likeness (QED) is 0.777. The molecule has 1 atom stereocenters. The average molecular weight is 373 g/mol. The van der Waals surface area contributed by atoms with Crippen molar-refractivity contribution in [2.75, 3.05) is 11.9 Å². The molecule has 0 spiro atoms. The van der Waals surface area contributed by atoms with Gasteiger partial charge in [-0.2, -0.15) is 0 Å². The number of aromatic nitrogens is 1. The van der Waals surface area contributed by atoms with Crippen LogP contribution in [0, 0.1) is 26.7 Å². The van der Waals surface area contributed by atoms with Crippen LogP contribution in [0.1, 0.15) is 53.3 Å². The van der Waals surface area contributed by atoms with Crippen molar-refractivity contribution in [2.45, 2.75) is 59.8 Å². The second-order valence-corrected chi connectivity index (χ2v) is 8.49. The summed E-state index contributed by atoms with van der Waals surface area (Å²) in [5.74, 6) is 1.45. The number of nitrogens with one attached hydrogen (secondary N) is 1. The van der Waals surface area contributed by atoms with Crippen molar-refractivity contribution in [3.8, 4) is 5.75 Å². The largest absolute Gasteiger partial charge is 0.493 e. The van der Waals surface area contributed by atoms with E-state index in [0.717, 1.165) is 42.9 Å². The minimum atomic E-state index is 0.0700. The number of anilines is 1. The molecule has 140 valence electrons. The minimum Gasteiger partial charge on any atom is -0.493 e. The van der Waals surface area contributed by atoms with E-state index < -0.39 is 0 Å². The Labute approximate surface area is 160 Å². The molecule has 0 bridgehead atoms. The molecule has 0 fully saturated rings. The summed E-state index contributed by atoms with van der Waals surface area (Å²) in [6, 6.07) is 2.18. The lowest BCUT2D eigenvalue weighted by Gasteiger charge is -2.28. The molecule has 1 heterocycles. The molecule has 1 aromatic heterocycles. The molecular formula is C21H28N2O2S. The molecule has 0 radical (unpaired) electrons. The highest BCUT2D eigenvalue weighted by Crippen LogP contribution is 2.36. The number of thiazole rings is 1. The van der Waals surface area contributed by atoms with Crippen LogP contribution >= 0.6 is 11.3 Å². The predicted molar refractivity (Wildman–Crippen MR) is 107 cm³/mol. The summed E-state index contributed by atoms with van der Waals surface area (Å²) in [6.07, 6.45) is 6.42. The van der Waals surface area contributed by atoms with Crippen molar-refractivity contribution in [1.82, 2.24) is 4.98 Å². The van der Waals surface area contributed by atoms with Gasteiger partial charge in [0.05, 0.1) is 6.61 Å². The topological polar surface area (TPSA) is 51.2 Å². The Hall–Kier alpha value is -1.88. The number of carbonyl (C=O) groups is 1. The van der Waals surface area contributed by atoms with E-state index in [9.17, 15) is 4.79 Å². The summed E-state index contributed by atoms with van der Waals surface area (Å²) in [4.78, 5) is 17.7. The Morgan fingerprint density at radius 1 is 1.35 bits per heavy atom. The van der Waals surface area contributed by atoms with Crippen LogP contribution in [0.4, 0.5) is 5.13 Å². The zero-order valence-electron chi connectivity index (χ0n) is 16.1. The van der Waals surface area contributed by atoms with Gasteiger partial charge in [0.2, 0.25) is 5.91 Å². The average Bonchev–Trinajstić information content (AvgIpc) is 3.01. The Morgan fingerprint density at radius 2 is 2.15 bits per heavy atom. The molecular weight excluding hydrogens is 344 g/mol. The molecule has 0 aliphatic heterocycles. The first-order chi connectivity index (χ1) is 12.5. The number of amides is 1. The number of hydrogen-bond acceptors (Lipinski definition) is 4. The maximum Gasteiger partial charge on any atom is 0.226 e. The van der Waals surface area contributed by atoms with E-state index in [0.29, 0.717) is 17.5 Å². The van der Waals surface area contributed by atoms with E-state index in [1.165, 1.54) is 33.6 Å². The summed E-state index contributed by atoms with van der Waals surface area (Å²) in [5, 5.41) is 3.64. The van der Waals surface area contributed by atoms with Crippen molar-refractivity contribution in [1.29, 1.82) is 0 Å². The van der Waals surface area contributed by atoms with E-state index in [2.05, 4.69) is 37.1 Å². The van der Waals surface area contributed by atoms with E-state index in [4.69, 9.17) is 4.74 Å². The number of fused-ring (bicyclic) bond motifs is 1. The third-order valence-corrected chi connectivity index (χ3v) is 5.94. The molecule has 0 saturated carbocycles. The molecule has 0 unspecified atom stereocenters. The van der Waals surface area contributed by atoms with Crippen LogP contribution in [0.5, 0.6) is 5.75 Å². The van der Waals surface area contributed by atoms with Gasteiger partial charge in [0.15, 0.2) is 5.13 Å². The molecule has 5 heteroatoms.